The first kappa shape index (κ1) is 5.83. The maximum absolute atomic E-state index is 6.56. The molecule has 0 radical (unpaired) electrons. The largest absolute Gasteiger partial charge is 0.310 e. The van der Waals surface area contributed by atoms with Crippen LogP contribution in [0.15, 0.2) is 12.3 Å². The average Bonchev–Trinajstić information content (AvgIpc) is 2.18. The predicted octanol–water partition coefficient (Wildman–Crippen LogP) is 0.839. The first-order valence-corrected chi connectivity index (χ1v) is 2.64. The van der Waals surface area contributed by atoms with Crippen LogP contribution in [0, 0.1) is 6.57 Å². The second-order valence-electron chi connectivity index (χ2n) is 1.76. The highest BCUT2D eigenvalue weighted by atomic mass is 15.3. The third kappa shape index (κ3) is 1.08. The SMILES string of the molecule is [C-]#[N+]Cc1ccnn1C. The van der Waals surface area contributed by atoms with Crippen LogP contribution in [0.2, 0.25) is 0 Å². The monoisotopic (exact) mass is 121 g/mol. The predicted molar refractivity (Wildman–Crippen MR) is 33.5 cm³/mol. The Morgan fingerprint density at radius 3 is 3.11 bits per heavy atom. The van der Waals surface area contributed by atoms with Crippen molar-refractivity contribution in [2.75, 3.05) is 0 Å². The van der Waals surface area contributed by atoms with E-state index in [0.29, 0.717) is 6.54 Å². The van der Waals surface area contributed by atoms with Gasteiger partial charge in [0.1, 0.15) is 5.69 Å². The maximum Gasteiger partial charge on any atom is 0.256 e. The lowest BCUT2D eigenvalue weighted by atomic mass is 10.4. The van der Waals surface area contributed by atoms with Gasteiger partial charge in [0.05, 0.1) is 0 Å². The molecule has 0 amide bonds. The van der Waals surface area contributed by atoms with E-state index in [1.54, 1.807) is 10.9 Å². The second kappa shape index (κ2) is 2.31. The summed E-state index contributed by atoms with van der Waals surface area (Å²) in [6, 6.07) is 1.85. The van der Waals surface area contributed by atoms with Gasteiger partial charge in [0.15, 0.2) is 0 Å². The van der Waals surface area contributed by atoms with Crippen LogP contribution in [0.3, 0.4) is 0 Å². The average molecular weight is 121 g/mol. The molecule has 0 bridgehead atoms. The molecule has 0 aliphatic rings. The summed E-state index contributed by atoms with van der Waals surface area (Å²) in [5.74, 6) is 0. The summed E-state index contributed by atoms with van der Waals surface area (Å²) in [6.45, 7) is 6.99. The van der Waals surface area contributed by atoms with E-state index in [1.807, 2.05) is 13.1 Å². The van der Waals surface area contributed by atoms with Crippen molar-refractivity contribution in [2.45, 2.75) is 6.54 Å². The third-order valence-corrected chi connectivity index (χ3v) is 1.16. The molecule has 0 fully saturated rings. The van der Waals surface area contributed by atoms with Crippen molar-refractivity contribution < 1.29 is 0 Å². The molecular formula is C6H7N3. The number of hydrogen-bond acceptors (Lipinski definition) is 1. The molecule has 0 atom stereocenters. The van der Waals surface area contributed by atoms with Gasteiger partial charge in [0.25, 0.3) is 6.54 Å². The van der Waals surface area contributed by atoms with Gasteiger partial charge in [-0.3, -0.25) is 4.68 Å². The van der Waals surface area contributed by atoms with Crippen molar-refractivity contribution in [3.8, 4) is 0 Å². The van der Waals surface area contributed by atoms with Crippen molar-refractivity contribution in [1.29, 1.82) is 0 Å². The quantitative estimate of drug-likeness (QED) is 0.505. The van der Waals surface area contributed by atoms with Crippen molar-refractivity contribution in [3.63, 3.8) is 0 Å². The molecule has 1 aromatic rings. The summed E-state index contributed by atoms with van der Waals surface area (Å²) in [5, 5.41) is 3.91. The van der Waals surface area contributed by atoms with Gasteiger partial charge in [-0.25, -0.2) is 6.57 Å². The Morgan fingerprint density at radius 1 is 1.89 bits per heavy atom. The van der Waals surface area contributed by atoms with Gasteiger partial charge < -0.3 is 4.85 Å². The molecule has 9 heavy (non-hydrogen) atoms. The molecule has 0 N–H and O–H groups in total. The Hall–Kier alpha value is -1.30. The zero-order chi connectivity index (χ0) is 6.69. The molecule has 3 heteroatoms. The number of rotatable bonds is 1. The van der Waals surface area contributed by atoms with E-state index in [4.69, 9.17) is 6.57 Å². The fourth-order valence-electron chi connectivity index (χ4n) is 0.637. The zero-order valence-electron chi connectivity index (χ0n) is 5.20. The second-order valence-corrected chi connectivity index (χ2v) is 1.76. The number of hydrogen-bond donors (Lipinski definition) is 0. The summed E-state index contributed by atoms with van der Waals surface area (Å²) in [4.78, 5) is 3.23. The summed E-state index contributed by atoms with van der Waals surface area (Å²) < 4.78 is 1.71. The normalized spacial score (nSPS) is 8.89. The Balaban J connectivity index is 2.84. The summed E-state index contributed by atoms with van der Waals surface area (Å²) in [7, 11) is 1.83. The van der Waals surface area contributed by atoms with E-state index in [9.17, 15) is 0 Å². The van der Waals surface area contributed by atoms with Crippen LogP contribution in [0.4, 0.5) is 0 Å². The fourth-order valence-corrected chi connectivity index (χ4v) is 0.637. The summed E-state index contributed by atoms with van der Waals surface area (Å²) in [5.41, 5.74) is 0.963. The molecular weight excluding hydrogens is 114 g/mol. The molecule has 0 aliphatic carbocycles. The first-order chi connectivity index (χ1) is 4.34. The molecule has 1 heterocycles. The standard InChI is InChI=1S/C6H7N3/c1-7-5-6-3-4-8-9(6)2/h3-4H,5H2,2H3. The van der Waals surface area contributed by atoms with Crippen molar-refractivity contribution in [2.24, 2.45) is 7.05 Å². The van der Waals surface area contributed by atoms with Crippen molar-refractivity contribution in [3.05, 3.63) is 29.4 Å². The number of aromatic nitrogens is 2. The minimum Gasteiger partial charge on any atom is -0.310 e. The number of aryl methyl sites for hydroxylation is 1. The number of nitrogens with zero attached hydrogens (tertiary/aromatic N) is 3. The molecule has 0 spiro atoms. The highest BCUT2D eigenvalue weighted by Crippen LogP contribution is 1.96. The smallest absolute Gasteiger partial charge is 0.256 e. The van der Waals surface area contributed by atoms with Crippen LogP contribution in [-0.2, 0) is 13.6 Å². The van der Waals surface area contributed by atoms with Crippen LogP contribution >= 0.6 is 0 Å². The third-order valence-electron chi connectivity index (χ3n) is 1.16. The van der Waals surface area contributed by atoms with Crippen LogP contribution in [0.1, 0.15) is 5.69 Å². The van der Waals surface area contributed by atoms with E-state index in [1.165, 1.54) is 0 Å². The van der Waals surface area contributed by atoms with Gasteiger partial charge in [-0.15, -0.1) is 0 Å². The van der Waals surface area contributed by atoms with Crippen LogP contribution in [-0.4, -0.2) is 9.78 Å². The minimum absolute atomic E-state index is 0.427. The maximum atomic E-state index is 6.56. The van der Waals surface area contributed by atoms with Gasteiger partial charge in [0, 0.05) is 13.2 Å². The molecule has 46 valence electrons. The highest BCUT2D eigenvalue weighted by Gasteiger charge is 1.97. The lowest BCUT2D eigenvalue weighted by Crippen LogP contribution is -1.94. The first-order valence-electron chi connectivity index (χ1n) is 2.64. The zero-order valence-corrected chi connectivity index (χ0v) is 5.20. The van der Waals surface area contributed by atoms with E-state index >= 15 is 0 Å². The fraction of sp³-hybridized carbons (Fsp3) is 0.333. The van der Waals surface area contributed by atoms with Crippen molar-refractivity contribution >= 4 is 0 Å². The van der Waals surface area contributed by atoms with Gasteiger partial charge in [0.2, 0.25) is 0 Å². The van der Waals surface area contributed by atoms with Crippen molar-refractivity contribution in [1.82, 2.24) is 9.78 Å². The molecule has 0 saturated carbocycles. The van der Waals surface area contributed by atoms with Gasteiger partial charge in [-0.05, 0) is 6.07 Å². The Labute approximate surface area is 53.7 Å². The molecule has 1 aromatic heterocycles. The molecule has 0 unspecified atom stereocenters. The molecule has 0 aliphatic heterocycles. The molecule has 1 rings (SSSR count). The van der Waals surface area contributed by atoms with E-state index in [2.05, 4.69) is 9.94 Å². The topological polar surface area (TPSA) is 22.2 Å². The summed E-state index contributed by atoms with van der Waals surface area (Å²) in [6.07, 6.45) is 1.69. The molecule has 0 aromatic carbocycles. The Bertz CT molecular complexity index is 231. The summed E-state index contributed by atoms with van der Waals surface area (Å²) >= 11 is 0. The van der Waals surface area contributed by atoms with Crippen LogP contribution in [0.5, 0.6) is 0 Å². The van der Waals surface area contributed by atoms with Gasteiger partial charge in [-0.2, -0.15) is 5.10 Å². The molecule has 0 saturated heterocycles. The molecule has 3 nitrogen and oxygen atoms in total. The van der Waals surface area contributed by atoms with Crippen LogP contribution in [0.25, 0.3) is 4.85 Å². The van der Waals surface area contributed by atoms with Gasteiger partial charge in [-0.1, -0.05) is 0 Å². The van der Waals surface area contributed by atoms with E-state index in [0.717, 1.165) is 5.69 Å². The Kier molecular flexibility index (Phi) is 1.50. The van der Waals surface area contributed by atoms with Gasteiger partial charge >= 0.3 is 0 Å². The van der Waals surface area contributed by atoms with E-state index < -0.39 is 0 Å². The van der Waals surface area contributed by atoms with E-state index in [-0.39, 0.29) is 0 Å². The Morgan fingerprint density at radius 2 is 2.67 bits per heavy atom. The van der Waals surface area contributed by atoms with Crippen LogP contribution < -0.4 is 0 Å². The lowest BCUT2D eigenvalue weighted by Gasteiger charge is -1.89. The highest BCUT2D eigenvalue weighted by molar-refractivity contribution is 5.01. The minimum atomic E-state index is 0.427. The lowest BCUT2D eigenvalue weighted by molar-refractivity contribution is 0.727.